The number of hydrogen-bond acceptors (Lipinski definition) is 5. The van der Waals surface area contributed by atoms with Crippen molar-refractivity contribution in [2.75, 3.05) is 0 Å². The first kappa shape index (κ1) is 13.1. The van der Waals surface area contributed by atoms with Gasteiger partial charge in [0.2, 0.25) is 17.7 Å². The summed E-state index contributed by atoms with van der Waals surface area (Å²) in [7, 11) is 0. The van der Waals surface area contributed by atoms with Crippen LogP contribution in [0.5, 0.6) is 0 Å². The second-order valence-electron chi connectivity index (χ2n) is 5.81. The Morgan fingerprint density at radius 2 is 2.15 bits per heavy atom. The van der Waals surface area contributed by atoms with E-state index in [0.29, 0.717) is 11.7 Å². The van der Waals surface area contributed by atoms with Crippen LogP contribution in [0, 0.1) is 12.8 Å². The number of aromatic nitrogens is 2. The van der Waals surface area contributed by atoms with Crippen LogP contribution in [0.4, 0.5) is 0 Å². The van der Waals surface area contributed by atoms with Crippen molar-refractivity contribution in [1.29, 1.82) is 0 Å². The van der Waals surface area contributed by atoms with Crippen molar-refractivity contribution < 1.29 is 14.1 Å². The van der Waals surface area contributed by atoms with Crippen molar-refractivity contribution in [2.24, 2.45) is 5.92 Å². The molecule has 1 aromatic heterocycles. The molecule has 20 heavy (non-hydrogen) atoms. The minimum absolute atomic E-state index is 0.0667. The Morgan fingerprint density at radius 3 is 2.70 bits per heavy atom. The van der Waals surface area contributed by atoms with Gasteiger partial charge in [0.05, 0.1) is 0 Å². The van der Waals surface area contributed by atoms with Crippen LogP contribution in [-0.4, -0.2) is 38.4 Å². The van der Waals surface area contributed by atoms with E-state index in [1.54, 1.807) is 13.8 Å². The lowest BCUT2D eigenvalue weighted by atomic mass is 9.89. The zero-order chi connectivity index (χ0) is 14.5. The van der Waals surface area contributed by atoms with Crippen molar-refractivity contribution >= 4 is 11.8 Å². The van der Waals surface area contributed by atoms with Gasteiger partial charge < -0.3 is 14.7 Å². The number of nitrogens with one attached hydrogen (secondary N) is 1. The molecular formula is C13H18N4O3. The lowest BCUT2D eigenvalue weighted by Crippen LogP contribution is -2.69. The molecule has 2 atom stereocenters. The smallest absolute Gasteiger partial charge is 0.249 e. The van der Waals surface area contributed by atoms with E-state index in [1.165, 1.54) is 4.90 Å². The van der Waals surface area contributed by atoms with Crippen LogP contribution < -0.4 is 5.32 Å². The maximum atomic E-state index is 12.7. The summed E-state index contributed by atoms with van der Waals surface area (Å²) in [5, 5.41) is 6.59. The third-order valence-electron chi connectivity index (χ3n) is 4.20. The van der Waals surface area contributed by atoms with Gasteiger partial charge in [-0.15, -0.1) is 0 Å². The first-order valence-corrected chi connectivity index (χ1v) is 6.84. The minimum Gasteiger partial charge on any atom is -0.340 e. The van der Waals surface area contributed by atoms with E-state index < -0.39 is 11.6 Å². The second kappa shape index (κ2) is 4.29. The predicted molar refractivity (Wildman–Crippen MR) is 68.3 cm³/mol. The highest BCUT2D eigenvalue weighted by Gasteiger charge is 2.54. The van der Waals surface area contributed by atoms with Gasteiger partial charge in [0.15, 0.2) is 5.82 Å². The van der Waals surface area contributed by atoms with Gasteiger partial charge in [-0.05, 0) is 39.5 Å². The Labute approximate surface area is 116 Å². The number of hydrogen-bond donors (Lipinski definition) is 1. The van der Waals surface area contributed by atoms with Crippen LogP contribution in [0.2, 0.25) is 0 Å². The van der Waals surface area contributed by atoms with Crippen LogP contribution in [0.15, 0.2) is 4.52 Å². The molecule has 0 bridgehead atoms. The fourth-order valence-corrected chi connectivity index (χ4v) is 2.73. The highest BCUT2D eigenvalue weighted by atomic mass is 16.5. The van der Waals surface area contributed by atoms with Crippen molar-refractivity contribution in [3.05, 3.63) is 11.7 Å². The summed E-state index contributed by atoms with van der Waals surface area (Å²) < 4.78 is 5.06. The molecule has 2 unspecified atom stereocenters. The molecule has 2 aliphatic rings. The summed E-state index contributed by atoms with van der Waals surface area (Å²) in [5.74, 6) is 0.915. The zero-order valence-corrected chi connectivity index (χ0v) is 11.8. The van der Waals surface area contributed by atoms with E-state index in [2.05, 4.69) is 15.5 Å². The van der Waals surface area contributed by atoms with E-state index >= 15 is 0 Å². The van der Waals surface area contributed by atoms with E-state index in [0.717, 1.165) is 12.8 Å². The summed E-state index contributed by atoms with van der Waals surface area (Å²) >= 11 is 0. The normalized spacial score (nSPS) is 30.6. The first-order valence-electron chi connectivity index (χ1n) is 6.84. The van der Waals surface area contributed by atoms with Gasteiger partial charge in [0.1, 0.15) is 18.1 Å². The number of carbonyl (C=O) groups excluding carboxylic acids is 2. The lowest BCUT2D eigenvalue weighted by Gasteiger charge is -2.43. The van der Waals surface area contributed by atoms with Crippen molar-refractivity contribution in [2.45, 2.75) is 51.7 Å². The average molecular weight is 278 g/mol. The number of piperazine rings is 1. The molecule has 1 saturated carbocycles. The summed E-state index contributed by atoms with van der Waals surface area (Å²) in [5.41, 5.74) is -0.793. The first-order chi connectivity index (χ1) is 9.41. The van der Waals surface area contributed by atoms with Gasteiger partial charge in [-0.25, -0.2) is 0 Å². The van der Waals surface area contributed by atoms with Crippen LogP contribution >= 0.6 is 0 Å². The van der Waals surface area contributed by atoms with Gasteiger partial charge >= 0.3 is 0 Å². The zero-order valence-electron chi connectivity index (χ0n) is 11.8. The molecular weight excluding hydrogens is 260 g/mol. The Kier molecular flexibility index (Phi) is 2.81. The molecule has 1 N–H and O–H groups in total. The third-order valence-corrected chi connectivity index (χ3v) is 4.20. The van der Waals surface area contributed by atoms with Crippen molar-refractivity contribution in [3.8, 4) is 0 Å². The second-order valence-corrected chi connectivity index (χ2v) is 5.81. The SMILES string of the molecule is Cc1noc(CN2C(=O)C(C)(C3CC3)NC(=O)C2C)n1. The molecule has 0 aromatic carbocycles. The maximum Gasteiger partial charge on any atom is 0.249 e. The molecule has 2 amide bonds. The fourth-order valence-electron chi connectivity index (χ4n) is 2.73. The summed E-state index contributed by atoms with van der Waals surface area (Å²) in [6.07, 6.45) is 1.95. The maximum absolute atomic E-state index is 12.7. The van der Waals surface area contributed by atoms with E-state index in [-0.39, 0.29) is 24.3 Å². The average Bonchev–Trinajstić information content (AvgIpc) is 3.17. The molecule has 2 heterocycles. The fraction of sp³-hybridized carbons (Fsp3) is 0.692. The topological polar surface area (TPSA) is 88.3 Å². The third kappa shape index (κ3) is 1.97. The van der Waals surface area contributed by atoms with Crippen molar-refractivity contribution in [3.63, 3.8) is 0 Å². The largest absolute Gasteiger partial charge is 0.340 e. The summed E-state index contributed by atoms with van der Waals surface area (Å²) in [4.78, 5) is 30.5. The predicted octanol–water partition coefficient (Wildman–Crippen LogP) is 0.394. The molecule has 7 heteroatoms. The molecule has 1 aliphatic heterocycles. The van der Waals surface area contributed by atoms with Crippen LogP contribution in [-0.2, 0) is 16.1 Å². The van der Waals surface area contributed by atoms with Gasteiger partial charge in [-0.3, -0.25) is 9.59 Å². The van der Waals surface area contributed by atoms with Crippen LogP contribution in [0.25, 0.3) is 0 Å². The molecule has 7 nitrogen and oxygen atoms in total. The lowest BCUT2D eigenvalue weighted by molar-refractivity contribution is -0.155. The highest BCUT2D eigenvalue weighted by Crippen LogP contribution is 2.42. The molecule has 108 valence electrons. The van der Waals surface area contributed by atoms with Gasteiger partial charge in [0, 0.05) is 0 Å². The minimum atomic E-state index is -0.793. The van der Waals surface area contributed by atoms with E-state index in [1.807, 2.05) is 6.92 Å². The van der Waals surface area contributed by atoms with Gasteiger partial charge in [0.25, 0.3) is 0 Å². The molecule has 1 aliphatic carbocycles. The number of amides is 2. The summed E-state index contributed by atoms with van der Waals surface area (Å²) in [6.45, 7) is 5.41. The standard InChI is InChI=1S/C13H18N4O3/c1-7-11(18)15-13(3,9-4-5-9)12(19)17(7)6-10-14-8(2)16-20-10/h7,9H,4-6H2,1-3H3,(H,15,18). The number of carbonyl (C=O) groups is 2. The quantitative estimate of drug-likeness (QED) is 0.864. The molecule has 1 aromatic rings. The number of rotatable bonds is 3. The van der Waals surface area contributed by atoms with E-state index in [4.69, 9.17) is 4.52 Å². The molecule has 1 saturated heterocycles. The number of nitrogens with zero attached hydrogens (tertiary/aromatic N) is 3. The monoisotopic (exact) mass is 278 g/mol. The number of aryl methyl sites for hydroxylation is 1. The Hall–Kier alpha value is -1.92. The molecule has 3 rings (SSSR count). The summed E-state index contributed by atoms with van der Waals surface area (Å²) in [6, 6.07) is -0.526. The van der Waals surface area contributed by atoms with E-state index in [9.17, 15) is 9.59 Å². The Bertz CT molecular complexity index is 566. The molecule has 0 spiro atoms. The molecule has 2 fully saturated rings. The van der Waals surface area contributed by atoms with Crippen LogP contribution in [0.3, 0.4) is 0 Å². The Balaban J connectivity index is 1.86. The Morgan fingerprint density at radius 1 is 1.45 bits per heavy atom. The van der Waals surface area contributed by atoms with Gasteiger partial charge in [-0.2, -0.15) is 4.98 Å². The van der Waals surface area contributed by atoms with Gasteiger partial charge in [-0.1, -0.05) is 5.16 Å². The van der Waals surface area contributed by atoms with Crippen molar-refractivity contribution in [1.82, 2.24) is 20.4 Å². The highest BCUT2D eigenvalue weighted by molar-refractivity contribution is 5.99. The molecule has 0 radical (unpaired) electrons. The van der Waals surface area contributed by atoms with Crippen LogP contribution in [0.1, 0.15) is 38.4 Å².